The number of halogens is 1. The number of carbonyl (C=O) groups excluding carboxylic acids is 5. The zero-order chi connectivity index (χ0) is 17.6. The molecule has 0 unspecified atom stereocenters. The molecule has 0 aliphatic heterocycles. The fourth-order valence-corrected chi connectivity index (χ4v) is 1.04. The van der Waals surface area contributed by atoms with Crippen molar-refractivity contribution in [1.82, 2.24) is 0 Å². The van der Waals surface area contributed by atoms with Gasteiger partial charge in [0, 0.05) is 19.8 Å². The molecule has 0 rings (SSSR count). The number of aldehydes is 1. The molecule has 23 heavy (non-hydrogen) atoms. The van der Waals surface area contributed by atoms with E-state index in [0.29, 0.717) is 18.6 Å². The number of ketones is 3. The molecule has 0 aliphatic carbocycles. The smallest absolute Gasteiger partial charge is 0.412 e. The third-order valence-corrected chi connectivity index (χ3v) is 2.01. The van der Waals surface area contributed by atoms with Gasteiger partial charge < -0.3 is 17.2 Å². The Labute approximate surface area is 155 Å². The third kappa shape index (κ3) is 33.7. The van der Waals surface area contributed by atoms with Gasteiger partial charge in [0.25, 0.3) is 5.24 Å². The number of hydrogen-bond acceptors (Lipinski definition) is 5. The van der Waals surface area contributed by atoms with Crippen LogP contribution in [0.5, 0.6) is 0 Å². The average molecular weight is 345 g/mol. The van der Waals surface area contributed by atoms with Crippen LogP contribution >= 0.6 is 11.6 Å². The summed E-state index contributed by atoms with van der Waals surface area (Å²) >= 11 is 4.88. The van der Waals surface area contributed by atoms with Crippen molar-refractivity contribution in [2.45, 2.75) is 47.5 Å². The van der Waals surface area contributed by atoms with Crippen LogP contribution in [0.2, 0.25) is 0 Å². The summed E-state index contributed by atoms with van der Waals surface area (Å²) in [5, 5.41) is -0.858. The maximum absolute atomic E-state index is 10.6. The van der Waals surface area contributed by atoms with Crippen molar-refractivity contribution in [3.63, 3.8) is 0 Å². The van der Waals surface area contributed by atoms with Crippen LogP contribution in [0.4, 0.5) is 0 Å². The molecule has 2 N–H and O–H groups in total. The third-order valence-electron chi connectivity index (χ3n) is 1.80. The van der Waals surface area contributed by atoms with Gasteiger partial charge in [0.05, 0.1) is 0 Å². The molecule has 0 atom stereocenters. The fourth-order valence-electron chi connectivity index (χ4n) is 0.966. The Hall–Kier alpha value is -0.933. The van der Waals surface area contributed by atoms with Crippen molar-refractivity contribution in [3.8, 4) is 0 Å². The van der Waals surface area contributed by atoms with Crippen molar-refractivity contribution in [1.29, 1.82) is 0 Å². The van der Waals surface area contributed by atoms with Crippen LogP contribution in [-0.4, -0.2) is 34.4 Å². The van der Waals surface area contributed by atoms with Crippen molar-refractivity contribution < 1.29 is 48.3 Å². The van der Waals surface area contributed by atoms with E-state index in [-0.39, 0.29) is 48.2 Å². The summed E-state index contributed by atoms with van der Waals surface area (Å²) in [4.78, 5) is 50.2. The molecule has 8 heteroatoms. The normalized spacial score (nSPS) is 8.17. The topological polar surface area (TPSA) is 117 Å². The molecule has 0 spiro atoms. The molecule has 0 saturated heterocycles. The van der Waals surface area contributed by atoms with E-state index < -0.39 is 11.0 Å². The molecule has 0 aliphatic rings. The summed E-state index contributed by atoms with van der Waals surface area (Å²) in [5.41, 5.74) is 0. The fraction of sp³-hybridized carbons (Fsp3) is 0.600. The second-order valence-electron chi connectivity index (χ2n) is 5.04. The van der Waals surface area contributed by atoms with E-state index >= 15 is 0 Å². The van der Waals surface area contributed by atoms with Gasteiger partial charge in [-0.25, -0.2) is 0 Å². The van der Waals surface area contributed by atoms with Gasteiger partial charge in [-0.15, -0.1) is 0 Å². The summed E-state index contributed by atoms with van der Waals surface area (Å²) < 4.78 is 0. The van der Waals surface area contributed by atoms with Gasteiger partial charge in [-0.05, 0) is 29.7 Å². The molecule has 0 bridgehead atoms. The number of Topliss-reactive ketones (excluding diaryl/α,β-unsaturated/α-hetero) is 3. The van der Waals surface area contributed by atoms with Crippen molar-refractivity contribution >= 4 is 40.5 Å². The van der Waals surface area contributed by atoms with Crippen LogP contribution in [0, 0.1) is 18.8 Å². The molecule has 6 nitrogen and oxygen atoms in total. The summed E-state index contributed by atoms with van der Waals surface area (Å²) in [6, 6.07) is 0. The van der Waals surface area contributed by atoms with Crippen LogP contribution in [0.25, 0.3) is 0 Å². The summed E-state index contributed by atoms with van der Waals surface area (Å²) in [6.07, 6.45) is 1.14. The van der Waals surface area contributed by atoms with Crippen molar-refractivity contribution in [3.05, 3.63) is 6.92 Å². The molecule has 130 valence electrons. The maximum atomic E-state index is 10.6. The average Bonchev–Trinajstić information content (AvgIpc) is 2.28. The van der Waals surface area contributed by atoms with Gasteiger partial charge in [-0.2, -0.15) is 0 Å². The van der Waals surface area contributed by atoms with Crippen molar-refractivity contribution in [2.24, 2.45) is 11.8 Å². The minimum absolute atomic E-state index is 0. The molecule has 0 aromatic carbocycles. The standard InChI is InChI=1S/C7H12O2.C6H9ClO2.C2H3O.Li.H2O/c1-5(2)4-7(9)6(3)8;1-4(2)3-5(8)6(7)9;1-2-3;;/h5H,4H2,1-3H3;4H,3H2,1-2H3;2H,1H2;;1H2/q;;-1;+1;. The molecule has 0 aromatic heterocycles. The maximum Gasteiger partial charge on any atom is 1.00 e. The first-order chi connectivity index (χ1) is 9.49. The second-order valence-corrected chi connectivity index (χ2v) is 5.38. The van der Waals surface area contributed by atoms with Crippen LogP contribution < -0.4 is 18.9 Å². The van der Waals surface area contributed by atoms with Gasteiger partial charge in [0.1, 0.15) is 0 Å². The minimum atomic E-state index is -0.858. The van der Waals surface area contributed by atoms with Crippen molar-refractivity contribution in [2.75, 3.05) is 0 Å². The Morgan fingerprint density at radius 3 is 1.30 bits per heavy atom. The van der Waals surface area contributed by atoms with Crippen LogP contribution in [0.15, 0.2) is 0 Å². The number of hydrogen-bond donors (Lipinski definition) is 0. The second kappa shape index (κ2) is 21.1. The van der Waals surface area contributed by atoms with Gasteiger partial charge in [0.15, 0.2) is 11.6 Å². The minimum Gasteiger partial charge on any atom is -0.412 e. The van der Waals surface area contributed by atoms with E-state index in [1.807, 2.05) is 27.7 Å². The van der Waals surface area contributed by atoms with E-state index in [0.717, 1.165) is 0 Å². The first-order valence-corrected chi connectivity index (χ1v) is 6.86. The monoisotopic (exact) mass is 344 g/mol. The Bertz CT molecular complexity index is 335. The molecular formula is C15H26ClLiO6. The Morgan fingerprint density at radius 1 is 0.957 bits per heavy atom. The zero-order valence-electron chi connectivity index (χ0n) is 14.8. The van der Waals surface area contributed by atoms with Crippen LogP contribution in [0.1, 0.15) is 47.5 Å². The quantitative estimate of drug-likeness (QED) is 0.196. The molecule has 0 fully saturated rings. The van der Waals surface area contributed by atoms with Gasteiger partial charge >= 0.3 is 18.9 Å². The summed E-state index contributed by atoms with van der Waals surface area (Å²) in [5.74, 6) is -0.582. The van der Waals surface area contributed by atoms with E-state index in [4.69, 9.17) is 16.4 Å². The van der Waals surface area contributed by atoms with Gasteiger partial charge in [-0.3, -0.25) is 19.2 Å². The van der Waals surface area contributed by atoms with E-state index in [1.165, 1.54) is 6.92 Å². The van der Waals surface area contributed by atoms with Gasteiger partial charge in [0.2, 0.25) is 5.78 Å². The number of carbonyl (C=O) groups is 5. The zero-order valence-corrected chi connectivity index (χ0v) is 15.5. The summed E-state index contributed by atoms with van der Waals surface area (Å²) in [7, 11) is 0. The van der Waals surface area contributed by atoms with E-state index in [2.05, 4.69) is 6.92 Å². The number of rotatable bonds is 6. The SMILES string of the molecule is CC(=O)C(=O)CC(C)C.CC(C)CC(=O)C(=O)Cl.O.[CH2-]C=O.[Li+]. The molecule has 0 aromatic rings. The van der Waals surface area contributed by atoms with Crippen LogP contribution in [-0.2, 0) is 24.0 Å². The molecule has 0 radical (unpaired) electrons. The first kappa shape index (κ1) is 33.6. The van der Waals surface area contributed by atoms with Gasteiger partial charge in [-0.1, -0.05) is 27.7 Å². The molecule has 0 heterocycles. The van der Waals surface area contributed by atoms with Crippen LogP contribution in [0.3, 0.4) is 0 Å². The largest absolute Gasteiger partial charge is 1.00 e. The summed E-state index contributed by atoms with van der Waals surface area (Å²) in [6.45, 7) is 11.7. The predicted octanol–water partition coefficient (Wildman–Crippen LogP) is -1.24. The van der Waals surface area contributed by atoms with E-state index in [1.54, 1.807) is 0 Å². The Kier molecular flexibility index (Phi) is 30.8. The predicted molar refractivity (Wildman–Crippen MR) is 85.5 cm³/mol. The molecule has 0 amide bonds. The molecule has 0 saturated carbocycles. The first-order valence-electron chi connectivity index (χ1n) is 6.48. The molecular weight excluding hydrogens is 319 g/mol. The Balaban J connectivity index is -0.0000000746. The van der Waals surface area contributed by atoms with E-state index in [9.17, 15) is 19.2 Å². The Morgan fingerprint density at radius 2 is 1.22 bits per heavy atom.